The largest absolute Gasteiger partial charge is 0.497 e. The number of nitrogens with zero attached hydrogens (tertiary/aromatic N) is 2. The predicted octanol–water partition coefficient (Wildman–Crippen LogP) is 3.04. The van der Waals surface area contributed by atoms with Crippen LogP contribution in [0.2, 0.25) is 10.4 Å². The second kappa shape index (κ2) is 5.86. The molecule has 5 nitrogen and oxygen atoms in total. The molecule has 0 aliphatic carbocycles. The summed E-state index contributed by atoms with van der Waals surface area (Å²) in [7, 11) is 1.57. The van der Waals surface area contributed by atoms with Gasteiger partial charge in [0.15, 0.2) is 0 Å². The molecule has 0 saturated heterocycles. The molecule has 1 N–H and O–H groups in total. The highest BCUT2D eigenvalue weighted by Gasteiger charge is 2.10. The van der Waals surface area contributed by atoms with Crippen LogP contribution in [0.15, 0.2) is 30.3 Å². The number of halogens is 2. The molecule has 0 saturated carbocycles. The van der Waals surface area contributed by atoms with E-state index in [1.54, 1.807) is 31.4 Å². The molecule has 19 heavy (non-hydrogen) atoms. The van der Waals surface area contributed by atoms with E-state index in [0.717, 1.165) is 0 Å². The van der Waals surface area contributed by atoms with Crippen molar-refractivity contribution in [3.8, 4) is 5.75 Å². The van der Waals surface area contributed by atoms with Crippen molar-refractivity contribution in [2.45, 2.75) is 0 Å². The molecule has 1 aromatic heterocycles. The zero-order valence-corrected chi connectivity index (χ0v) is 11.4. The fourth-order valence-corrected chi connectivity index (χ4v) is 1.78. The van der Waals surface area contributed by atoms with Gasteiger partial charge in [-0.15, -0.1) is 0 Å². The van der Waals surface area contributed by atoms with Gasteiger partial charge in [-0.1, -0.05) is 11.6 Å². The summed E-state index contributed by atoms with van der Waals surface area (Å²) in [6.07, 6.45) is 0. The lowest BCUT2D eigenvalue weighted by Crippen LogP contribution is -2.14. The molecule has 0 spiro atoms. The average Bonchev–Trinajstić information content (AvgIpc) is 2.38. The van der Waals surface area contributed by atoms with Gasteiger partial charge in [0.25, 0.3) is 5.91 Å². The molecule has 0 bridgehead atoms. The summed E-state index contributed by atoms with van der Waals surface area (Å²) in [6, 6.07) is 8.22. The zero-order valence-electron chi connectivity index (χ0n) is 9.85. The number of nitrogens with one attached hydrogen (secondary N) is 1. The van der Waals surface area contributed by atoms with Gasteiger partial charge in [-0.3, -0.25) is 4.79 Å². The van der Waals surface area contributed by atoms with E-state index in [1.807, 2.05) is 0 Å². The molecule has 1 aromatic carbocycles. The third-order valence-corrected chi connectivity index (χ3v) is 2.61. The summed E-state index contributed by atoms with van der Waals surface area (Å²) in [5.41, 5.74) is 0.706. The number of carbonyl (C=O) groups excluding carboxylic acids is 1. The SMILES string of the molecule is COc1ccc(NC(=O)c2cc(Cl)nc(Cl)n2)cc1. The van der Waals surface area contributed by atoms with E-state index < -0.39 is 5.91 Å². The minimum Gasteiger partial charge on any atom is -0.497 e. The second-order valence-electron chi connectivity index (χ2n) is 3.53. The molecule has 98 valence electrons. The highest BCUT2D eigenvalue weighted by molar-refractivity contribution is 6.32. The molecule has 2 rings (SSSR count). The normalized spacial score (nSPS) is 10.1. The van der Waals surface area contributed by atoms with E-state index in [0.29, 0.717) is 11.4 Å². The lowest BCUT2D eigenvalue weighted by molar-refractivity contribution is 0.102. The Morgan fingerprint density at radius 2 is 1.89 bits per heavy atom. The molecule has 0 unspecified atom stereocenters. The number of rotatable bonds is 3. The zero-order chi connectivity index (χ0) is 13.8. The second-order valence-corrected chi connectivity index (χ2v) is 4.25. The lowest BCUT2D eigenvalue weighted by atomic mass is 10.3. The summed E-state index contributed by atoms with van der Waals surface area (Å²) in [4.78, 5) is 19.4. The fraction of sp³-hybridized carbons (Fsp3) is 0.0833. The number of ether oxygens (including phenoxy) is 1. The first-order valence-electron chi connectivity index (χ1n) is 5.24. The van der Waals surface area contributed by atoms with Crippen molar-refractivity contribution in [1.82, 2.24) is 9.97 Å². The molecule has 0 atom stereocenters. The maximum absolute atomic E-state index is 11.9. The van der Waals surface area contributed by atoms with Crippen molar-refractivity contribution in [1.29, 1.82) is 0 Å². The smallest absolute Gasteiger partial charge is 0.274 e. The third kappa shape index (κ3) is 3.56. The van der Waals surface area contributed by atoms with Crippen LogP contribution in [0.3, 0.4) is 0 Å². The van der Waals surface area contributed by atoms with Gasteiger partial charge in [-0.25, -0.2) is 9.97 Å². The number of anilines is 1. The molecule has 0 aliphatic rings. The van der Waals surface area contributed by atoms with Gasteiger partial charge < -0.3 is 10.1 Å². The Bertz CT molecular complexity index is 582. The van der Waals surface area contributed by atoms with Gasteiger partial charge >= 0.3 is 0 Å². The van der Waals surface area contributed by atoms with Crippen LogP contribution < -0.4 is 10.1 Å². The number of hydrogen-bond donors (Lipinski definition) is 1. The monoisotopic (exact) mass is 297 g/mol. The van der Waals surface area contributed by atoms with Gasteiger partial charge in [0.05, 0.1) is 7.11 Å². The number of hydrogen-bond acceptors (Lipinski definition) is 4. The lowest BCUT2D eigenvalue weighted by Gasteiger charge is -2.06. The number of carbonyl (C=O) groups is 1. The fourth-order valence-electron chi connectivity index (χ4n) is 1.38. The van der Waals surface area contributed by atoms with Gasteiger partial charge in [-0.05, 0) is 35.9 Å². The Hall–Kier alpha value is -1.85. The Kier molecular flexibility index (Phi) is 4.19. The van der Waals surface area contributed by atoms with Gasteiger partial charge in [-0.2, -0.15) is 0 Å². The summed E-state index contributed by atoms with van der Waals surface area (Å²) in [6.45, 7) is 0. The molecule has 2 aromatic rings. The summed E-state index contributed by atoms with van der Waals surface area (Å²) in [5, 5.41) is 2.70. The van der Waals surface area contributed by atoms with Crippen molar-refractivity contribution >= 4 is 34.8 Å². The molecule has 1 amide bonds. The van der Waals surface area contributed by atoms with Crippen LogP contribution in [0.4, 0.5) is 5.69 Å². The summed E-state index contributed by atoms with van der Waals surface area (Å²) >= 11 is 11.3. The molecule has 0 fully saturated rings. The van der Waals surface area contributed by atoms with Gasteiger partial charge in [0, 0.05) is 11.8 Å². The van der Waals surface area contributed by atoms with E-state index >= 15 is 0 Å². The highest BCUT2D eigenvalue weighted by atomic mass is 35.5. The maximum atomic E-state index is 11.9. The van der Waals surface area contributed by atoms with Crippen LogP contribution in [-0.4, -0.2) is 23.0 Å². The predicted molar refractivity (Wildman–Crippen MR) is 73.0 cm³/mol. The minimum absolute atomic E-state index is 0.0765. The van der Waals surface area contributed by atoms with Crippen molar-refractivity contribution in [2.24, 2.45) is 0 Å². The number of amides is 1. The molecule has 7 heteroatoms. The topological polar surface area (TPSA) is 64.1 Å². The maximum Gasteiger partial charge on any atom is 0.274 e. The van der Waals surface area contributed by atoms with Crippen molar-refractivity contribution in [3.05, 3.63) is 46.5 Å². The van der Waals surface area contributed by atoms with Crippen LogP contribution in [0.1, 0.15) is 10.5 Å². The third-order valence-electron chi connectivity index (χ3n) is 2.25. The summed E-state index contributed by atoms with van der Waals surface area (Å²) in [5.74, 6) is 0.280. The van der Waals surface area contributed by atoms with Crippen molar-refractivity contribution in [3.63, 3.8) is 0 Å². The quantitative estimate of drug-likeness (QED) is 0.698. The Morgan fingerprint density at radius 1 is 1.21 bits per heavy atom. The van der Waals surface area contributed by atoms with Crippen LogP contribution in [0, 0.1) is 0 Å². The molecular weight excluding hydrogens is 289 g/mol. The van der Waals surface area contributed by atoms with E-state index in [1.165, 1.54) is 6.07 Å². The highest BCUT2D eigenvalue weighted by Crippen LogP contribution is 2.16. The van der Waals surface area contributed by atoms with E-state index in [2.05, 4.69) is 15.3 Å². The Morgan fingerprint density at radius 3 is 2.47 bits per heavy atom. The van der Waals surface area contributed by atoms with Crippen LogP contribution in [0.25, 0.3) is 0 Å². The van der Waals surface area contributed by atoms with E-state index in [9.17, 15) is 4.79 Å². The number of methoxy groups -OCH3 is 1. The minimum atomic E-state index is -0.420. The molecule has 0 radical (unpaired) electrons. The average molecular weight is 298 g/mol. The molecule has 1 heterocycles. The number of benzene rings is 1. The van der Waals surface area contributed by atoms with Crippen molar-refractivity contribution < 1.29 is 9.53 Å². The van der Waals surface area contributed by atoms with E-state index in [4.69, 9.17) is 27.9 Å². The van der Waals surface area contributed by atoms with Gasteiger partial charge in [0.2, 0.25) is 5.28 Å². The molecular formula is C12H9Cl2N3O2. The number of aromatic nitrogens is 2. The van der Waals surface area contributed by atoms with Crippen molar-refractivity contribution in [2.75, 3.05) is 12.4 Å². The van der Waals surface area contributed by atoms with E-state index in [-0.39, 0.29) is 16.1 Å². The Balaban J connectivity index is 2.15. The van der Waals surface area contributed by atoms with Crippen LogP contribution in [0.5, 0.6) is 5.75 Å². The molecule has 0 aliphatic heterocycles. The Labute approximate surface area is 119 Å². The first-order valence-corrected chi connectivity index (χ1v) is 5.99. The van der Waals surface area contributed by atoms with Gasteiger partial charge in [0.1, 0.15) is 16.6 Å². The van der Waals surface area contributed by atoms with Crippen LogP contribution in [-0.2, 0) is 0 Å². The summed E-state index contributed by atoms with van der Waals surface area (Å²) < 4.78 is 5.02. The van der Waals surface area contributed by atoms with Crippen LogP contribution >= 0.6 is 23.2 Å². The first-order chi connectivity index (χ1) is 9.08. The standard InChI is InChI=1S/C12H9Cl2N3O2/c1-19-8-4-2-7(3-5-8)15-11(18)9-6-10(13)17-12(14)16-9/h2-6H,1H3,(H,15,18). The first kappa shape index (κ1) is 13.6.